The zero-order chi connectivity index (χ0) is 20.4. The number of para-hydroxylation sites is 1. The maximum absolute atomic E-state index is 12.6. The molecule has 146 valence electrons. The lowest BCUT2D eigenvalue weighted by Gasteiger charge is -2.17. The molecule has 0 aromatic heterocycles. The molecule has 1 amide bonds. The van der Waals surface area contributed by atoms with Crippen LogP contribution >= 0.6 is 0 Å². The molecule has 0 fully saturated rings. The Kier molecular flexibility index (Phi) is 6.17. The zero-order valence-electron chi connectivity index (χ0n) is 15.3. The largest absolute Gasteiger partial charge is 0.434 e. The molecular formula is C18H20F2N2O4S. The first-order valence-electron chi connectivity index (χ1n) is 7.93. The molecule has 0 aliphatic rings. The number of nitrogens with zero attached hydrogens (tertiary/aromatic N) is 1. The second-order valence-corrected chi connectivity index (χ2v) is 8.18. The number of carbonyl (C=O) groups excluding carboxylic acids is 1. The van der Waals surface area contributed by atoms with Crippen molar-refractivity contribution in [3.05, 3.63) is 53.1 Å². The fourth-order valence-corrected chi connectivity index (χ4v) is 3.37. The molecule has 0 aliphatic heterocycles. The number of anilines is 1. The third-order valence-corrected chi connectivity index (χ3v) is 5.81. The summed E-state index contributed by atoms with van der Waals surface area (Å²) >= 11 is 0. The number of hydrogen-bond acceptors (Lipinski definition) is 4. The van der Waals surface area contributed by atoms with E-state index in [4.69, 9.17) is 0 Å². The lowest BCUT2D eigenvalue weighted by Crippen LogP contribution is -2.23. The predicted octanol–water partition coefficient (Wildman–Crippen LogP) is 3.41. The second-order valence-electron chi connectivity index (χ2n) is 6.03. The van der Waals surface area contributed by atoms with Crippen LogP contribution in [0.5, 0.6) is 5.75 Å². The summed E-state index contributed by atoms with van der Waals surface area (Å²) in [6, 6.07) is 8.43. The molecule has 6 nitrogen and oxygen atoms in total. The van der Waals surface area contributed by atoms with Crippen molar-refractivity contribution in [2.24, 2.45) is 0 Å². The predicted molar refractivity (Wildman–Crippen MR) is 97.8 cm³/mol. The first kappa shape index (κ1) is 20.8. The van der Waals surface area contributed by atoms with E-state index in [1.165, 1.54) is 50.5 Å². The van der Waals surface area contributed by atoms with E-state index in [-0.39, 0.29) is 21.9 Å². The van der Waals surface area contributed by atoms with E-state index in [9.17, 15) is 22.0 Å². The van der Waals surface area contributed by atoms with E-state index >= 15 is 0 Å². The van der Waals surface area contributed by atoms with Crippen LogP contribution in [0.1, 0.15) is 21.5 Å². The first-order chi connectivity index (χ1) is 12.5. The first-order valence-corrected chi connectivity index (χ1v) is 9.37. The van der Waals surface area contributed by atoms with Crippen LogP contribution in [-0.2, 0) is 10.0 Å². The fourth-order valence-electron chi connectivity index (χ4n) is 2.36. The molecule has 1 N–H and O–H groups in total. The number of halogens is 2. The zero-order valence-corrected chi connectivity index (χ0v) is 16.1. The summed E-state index contributed by atoms with van der Waals surface area (Å²) in [5.74, 6) is -0.954. The topological polar surface area (TPSA) is 75.7 Å². The number of ether oxygens (including phenoxy) is 1. The van der Waals surface area contributed by atoms with Crippen molar-refractivity contribution >= 4 is 21.6 Å². The Balaban J connectivity index is 2.44. The summed E-state index contributed by atoms with van der Waals surface area (Å²) in [5.41, 5.74) is 1.50. The molecule has 0 saturated carbocycles. The molecule has 0 heterocycles. The highest BCUT2D eigenvalue weighted by atomic mass is 32.2. The highest BCUT2D eigenvalue weighted by Gasteiger charge is 2.21. The van der Waals surface area contributed by atoms with Crippen molar-refractivity contribution in [1.82, 2.24) is 4.31 Å². The van der Waals surface area contributed by atoms with Gasteiger partial charge in [-0.3, -0.25) is 4.79 Å². The number of benzene rings is 2. The minimum Gasteiger partial charge on any atom is -0.434 e. The molecule has 0 spiro atoms. The van der Waals surface area contributed by atoms with Crippen LogP contribution in [0.2, 0.25) is 0 Å². The van der Waals surface area contributed by atoms with E-state index < -0.39 is 22.5 Å². The molecular weight excluding hydrogens is 378 g/mol. The van der Waals surface area contributed by atoms with Crippen LogP contribution in [0.15, 0.2) is 41.3 Å². The number of hydrogen-bond donors (Lipinski definition) is 1. The van der Waals surface area contributed by atoms with Crippen molar-refractivity contribution < 1.29 is 26.7 Å². The molecule has 2 aromatic rings. The van der Waals surface area contributed by atoms with Crippen LogP contribution in [0, 0.1) is 13.8 Å². The molecule has 9 heteroatoms. The van der Waals surface area contributed by atoms with Gasteiger partial charge >= 0.3 is 6.61 Å². The minimum atomic E-state index is -3.70. The van der Waals surface area contributed by atoms with Gasteiger partial charge in [-0.05, 0) is 49.2 Å². The normalized spacial score (nSPS) is 11.7. The summed E-state index contributed by atoms with van der Waals surface area (Å²) in [6.45, 7) is 0.364. The van der Waals surface area contributed by atoms with Gasteiger partial charge in [-0.1, -0.05) is 12.1 Å². The Morgan fingerprint density at radius 2 is 1.78 bits per heavy atom. The second kappa shape index (κ2) is 8.01. The van der Waals surface area contributed by atoms with Gasteiger partial charge in [-0.15, -0.1) is 0 Å². The molecule has 0 bridgehead atoms. The van der Waals surface area contributed by atoms with Gasteiger partial charge in [-0.25, -0.2) is 12.7 Å². The molecule has 27 heavy (non-hydrogen) atoms. The van der Waals surface area contributed by atoms with Gasteiger partial charge in [-0.2, -0.15) is 8.78 Å². The third-order valence-electron chi connectivity index (χ3n) is 4.02. The number of rotatable bonds is 6. The van der Waals surface area contributed by atoms with Crippen molar-refractivity contribution in [2.45, 2.75) is 25.4 Å². The Morgan fingerprint density at radius 1 is 1.15 bits per heavy atom. The molecule has 0 radical (unpaired) electrons. The van der Waals surface area contributed by atoms with Crippen LogP contribution in [0.25, 0.3) is 0 Å². The van der Waals surface area contributed by atoms with E-state index in [1.54, 1.807) is 13.8 Å². The fraction of sp³-hybridized carbons (Fsp3) is 0.278. The number of nitrogens with one attached hydrogen (secondary N) is 1. The van der Waals surface area contributed by atoms with Gasteiger partial charge in [0.1, 0.15) is 5.75 Å². The summed E-state index contributed by atoms with van der Waals surface area (Å²) in [4.78, 5) is 12.6. The summed E-state index contributed by atoms with van der Waals surface area (Å²) < 4.78 is 55.3. The van der Waals surface area contributed by atoms with Gasteiger partial charge in [0.15, 0.2) is 0 Å². The minimum absolute atomic E-state index is 0.0167. The number of aryl methyl sites for hydroxylation is 1. The van der Waals surface area contributed by atoms with Crippen LogP contribution in [-0.4, -0.2) is 39.3 Å². The molecule has 0 unspecified atom stereocenters. The van der Waals surface area contributed by atoms with E-state index in [1.807, 2.05) is 0 Å². The van der Waals surface area contributed by atoms with Gasteiger partial charge in [0, 0.05) is 19.8 Å². The van der Waals surface area contributed by atoms with E-state index in [0.29, 0.717) is 11.1 Å². The summed E-state index contributed by atoms with van der Waals surface area (Å²) in [7, 11) is -0.898. The monoisotopic (exact) mass is 398 g/mol. The number of sulfonamides is 1. The van der Waals surface area contributed by atoms with Crippen LogP contribution in [0.4, 0.5) is 14.5 Å². The standard InChI is InChI=1S/C18H20F2N2O4S/c1-11-9-13(27(24,25)22(3)4)10-15(12(11)2)21-17(23)14-7-5-6-8-16(14)26-18(19)20/h5-10,18H,1-4H3,(H,21,23). The van der Waals surface area contributed by atoms with Crippen molar-refractivity contribution in [2.75, 3.05) is 19.4 Å². The summed E-state index contributed by atoms with van der Waals surface area (Å²) in [5, 5.41) is 2.59. The van der Waals surface area contributed by atoms with Crippen molar-refractivity contribution in [1.29, 1.82) is 0 Å². The van der Waals surface area contributed by atoms with E-state index in [2.05, 4.69) is 10.1 Å². The third kappa shape index (κ3) is 4.61. The Bertz CT molecular complexity index is 960. The van der Waals surface area contributed by atoms with Gasteiger partial charge in [0.25, 0.3) is 5.91 Å². The highest BCUT2D eigenvalue weighted by Crippen LogP contribution is 2.27. The van der Waals surface area contributed by atoms with Crippen LogP contribution in [0.3, 0.4) is 0 Å². The number of alkyl halides is 2. The van der Waals surface area contributed by atoms with Gasteiger partial charge < -0.3 is 10.1 Å². The SMILES string of the molecule is Cc1cc(S(=O)(=O)N(C)C)cc(NC(=O)c2ccccc2OC(F)F)c1C. The summed E-state index contributed by atoms with van der Waals surface area (Å²) in [6.07, 6.45) is 0. The van der Waals surface area contributed by atoms with Crippen LogP contribution < -0.4 is 10.1 Å². The van der Waals surface area contributed by atoms with Gasteiger partial charge in [0.2, 0.25) is 10.0 Å². The molecule has 2 rings (SSSR count). The van der Waals surface area contributed by atoms with Crippen molar-refractivity contribution in [3.63, 3.8) is 0 Å². The van der Waals surface area contributed by atoms with Gasteiger partial charge in [0.05, 0.1) is 10.5 Å². The molecule has 2 aromatic carbocycles. The van der Waals surface area contributed by atoms with Crippen molar-refractivity contribution in [3.8, 4) is 5.75 Å². The maximum Gasteiger partial charge on any atom is 0.387 e. The van der Waals surface area contributed by atoms with E-state index in [0.717, 1.165) is 4.31 Å². The maximum atomic E-state index is 12.6. The lowest BCUT2D eigenvalue weighted by atomic mass is 10.1. The molecule has 0 atom stereocenters. The number of amides is 1. The Morgan fingerprint density at radius 3 is 2.37 bits per heavy atom. The average Bonchev–Trinajstić information content (AvgIpc) is 2.58. The Labute approximate surface area is 156 Å². The molecule has 0 saturated heterocycles. The lowest BCUT2D eigenvalue weighted by molar-refractivity contribution is -0.0501. The molecule has 0 aliphatic carbocycles. The Hall–Kier alpha value is -2.52. The average molecular weight is 398 g/mol. The number of carbonyl (C=O) groups is 1. The highest BCUT2D eigenvalue weighted by molar-refractivity contribution is 7.89. The smallest absolute Gasteiger partial charge is 0.387 e. The quantitative estimate of drug-likeness (QED) is 0.809.